The quantitative estimate of drug-likeness (QED) is 0.833. The molecule has 0 aliphatic carbocycles. The van der Waals surface area contributed by atoms with E-state index in [1.54, 1.807) is 24.3 Å². The van der Waals surface area contributed by atoms with E-state index < -0.39 is 6.09 Å². The summed E-state index contributed by atoms with van der Waals surface area (Å²) in [6.45, 7) is 0.0174. The summed E-state index contributed by atoms with van der Waals surface area (Å²) in [6, 6.07) is 16.2. The smallest absolute Gasteiger partial charge is 0.407 e. The van der Waals surface area contributed by atoms with Gasteiger partial charge in [0.15, 0.2) is 5.78 Å². The topological polar surface area (TPSA) is 64.6 Å². The zero-order valence-corrected chi connectivity index (χ0v) is 12.2. The lowest BCUT2D eigenvalue weighted by Gasteiger charge is -2.09. The first-order valence-corrected chi connectivity index (χ1v) is 6.81. The van der Waals surface area contributed by atoms with Gasteiger partial charge in [0.2, 0.25) is 0 Å². The summed E-state index contributed by atoms with van der Waals surface area (Å²) in [5.41, 5.74) is 1.31. The summed E-state index contributed by atoms with van der Waals surface area (Å²) >= 11 is 0. The average molecular weight is 299 g/mol. The van der Waals surface area contributed by atoms with Crippen LogP contribution in [-0.4, -0.2) is 25.5 Å². The Morgan fingerprint density at radius 2 is 1.68 bits per heavy atom. The first kappa shape index (κ1) is 15.6. The number of para-hydroxylation sites is 1. The molecule has 0 aliphatic heterocycles. The second-order valence-corrected chi connectivity index (χ2v) is 4.54. The fourth-order valence-electron chi connectivity index (χ4n) is 1.90. The molecular formula is C17H17NO4. The van der Waals surface area contributed by atoms with Crippen molar-refractivity contribution in [3.63, 3.8) is 0 Å². The third-order valence-corrected chi connectivity index (χ3v) is 3.01. The van der Waals surface area contributed by atoms with Crippen LogP contribution in [0, 0.1) is 0 Å². The van der Waals surface area contributed by atoms with Gasteiger partial charge in [0.1, 0.15) is 12.4 Å². The molecule has 0 heterocycles. The largest absolute Gasteiger partial charge is 0.496 e. The van der Waals surface area contributed by atoms with Crippen LogP contribution in [0.4, 0.5) is 4.79 Å². The lowest BCUT2D eigenvalue weighted by Crippen LogP contribution is -2.30. The molecule has 0 saturated heterocycles. The Morgan fingerprint density at radius 3 is 2.41 bits per heavy atom. The highest BCUT2D eigenvalue weighted by atomic mass is 16.5. The number of amides is 1. The van der Waals surface area contributed by atoms with Crippen LogP contribution in [0.5, 0.6) is 5.75 Å². The number of carbonyl (C=O) groups excluding carboxylic acids is 2. The van der Waals surface area contributed by atoms with E-state index in [0.717, 1.165) is 5.56 Å². The SMILES string of the molecule is COc1ccccc1C(=O)CNC(=O)OCc1ccccc1. The predicted octanol–water partition coefficient (Wildman–Crippen LogP) is 2.80. The van der Waals surface area contributed by atoms with Crippen molar-refractivity contribution >= 4 is 11.9 Å². The van der Waals surface area contributed by atoms with Crippen molar-refractivity contribution in [2.75, 3.05) is 13.7 Å². The first-order chi connectivity index (χ1) is 10.7. The van der Waals surface area contributed by atoms with Gasteiger partial charge in [0, 0.05) is 0 Å². The molecule has 1 amide bonds. The van der Waals surface area contributed by atoms with Crippen molar-refractivity contribution in [3.05, 3.63) is 65.7 Å². The van der Waals surface area contributed by atoms with Crippen LogP contribution in [0.2, 0.25) is 0 Å². The van der Waals surface area contributed by atoms with Gasteiger partial charge in [-0.2, -0.15) is 0 Å². The summed E-state index contributed by atoms with van der Waals surface area (Å²) in [5, 5.41) is 2.44. The van der Waals surface area contributed by atoms with Crippen LogP contribution >= 0.6 is 0 Å². The van der Waals surface area contributed by atoms with Crippen LogP contribution in [0.1, 0.15) is 15.9 Å². The van der Waals surface area contributed by atoms with E-state index >= 15 is 0 Å². The molecule has 5 heteroatoms. The van der Waals surface area contributed by atoms with E-state index in [2.05, 4.69) is 5.32 Å². The zero-order chi connectivity index (χ0) is 15.8. The minimum Gasteiger partial charge on any atom is -0.496 e. The van der Waals surface area contributed by atoms with Crippen molar-refractivity contribution in [1.82, 2.24) is 5.32 Å². The summed E-state index contributed by atoms with van der Waals surface area (Å²) in [5.74, 6) is 0.237. The second kappa shape index (κ2) is 7.83. The van der Waals surface area contributed by atoms with Crippen molar-refractivity contribution < 1.29 is 19.1 Å². The van der Waals surface area contributed by atoms with Crippen LogP contribution in [-0.2, 0) is 11.3 Å². The van der Waals surface area contributed by atoms with Gasteiger partial charge in [-0.3, -0.25) is 4.79 Å². The minimum absolute atomic E-state index is 0.145. The Hall–Kier alpha value is -2.82. The number of alkyl carbamates (subject to hydrolysis) is 1. The molecule has 0 aliphatic rings. The standard InChI is InChI=1S/C17H17NO4/c1-21-16-10-6-5-9-14(16)15(19)11-18-17(20)22-12-13-7-3-2-4-8-13/h2-10H,11-12H2,1H3,(H,18,20). The van der Waals surface area contributed by atoms with Gasteiger partial charge in [-0.25, -0.2) is 4.79 Å². The van der Waals surface area contributed by atoms with Crippen molar-refractivity contribution in [2.24, 2.45) is 0 Å². The van der Waals surface area contributed by atoms with E-state index in [1.165, 1.54) is 7.11 Å². The Kier molecular flexibility index (Phi) is 5.54. The summed E-state index contributed by atoms with van der Waals surface area (Å²) in [6.07, 6.45) is -0.632. The van der Waals surface area contributed by atoms with Crippen LogP contribution in [0.15, 0.2) is 54.6 Å². The number of rotatable bonds is 6. The minimum atomic E-state index is -0.632. The zero-order valence-electron chi connectivity index (χ0n) is 12.2. The van der Waals surface area contributed by atoms with E-state index in [-0.39, 0.29) is 18.9 Å². The Labute approximate surface area is 128 Å². The van der Waals surface area contributed by atoms with Gasteiger partial charge in [-0.15, -0.1) is 0 Å². The number of benzene rings is 2. The molecule has 2 rings (SSSR count). The van der Waals surface area contributed by atoms with E-state index in [9.17, 15) is 9.59 Å². The average Bonchev–Trinajstić information content (AvgIpc) is 2.58. The van der Waals surface area contributed by atoms with Crippen molar-refractivity contribution in [3.8, 4) is 5.75 Å². The number of carbonyl (C=O) groups is 2. The number of nitrogens with one attached hydrogen (secondary N) is 1. The number of hydrogen-bond acceptors (Lipinski definition) is 4. The number of ether oxygens (including phenoxy) is 2. The maximum atomic E-state index is 12.1. The Balaban J connectivity index is 1.82. The van der Waals surface area contributed by atoms with Crippen molar-refractivity contribution in [2.45, 2.75) is 6.61 Å². The molecular weight excluding hydrogens is 282 g/mol. The number of ketones is 1. The molecule has 0 spiro atoms. The number of hydrogen-bond donors (Lipinski definition) is 1. The number of Topliss-reactive ketones (excluding diaryl/α,β-unsaturated/α-hetero) is 1. The predicted molar refractivity (Wildman–Crippen MR) is 82.0 cm³/mol. The first-order valence-electron chi connectivity index (χ1n) is 6.81. The summed E-state index contributed by atoms with van der Waals surface area (Å²) < 4.78 is 10.2. The molecule has 5 nitrogen and oxygen atoms in total. The molecule has 22 heavy (non-hydrogen) atoms. The van der Waals surface area contributed by atoms with Gasteiger partial charge in [-0.1, -0.05) is 42.5 Å². The monoisotopic (exact) mass is 299 g/mol. The highest BCUT2D eigenvalue weighted by molar-refractivity contribution is 6.01. The molecule has 0 aromatic heterocycles. The maximum absolute atomic E-state index is 12.1. The lowest BCUT2D eigenvalue weighted by molar-refractivity contribution is 0.0971. The number of methoxy groups -OCH3 is 1. The van der Waals surface area contributed by atoms with Gasteiger partial charge in [0.25, 0.3) is 0 Å². The third-order valence-electron chi connectivity index (χ3n) is 3.01. The summed E-state index contributed by atoms with van der Waals surface area (Å²) in [7, 11) is 1.49. The molecule has 0 bridgehead atoms. The Morgan fingerprint density at radius 1 is 1.00 bits per heavy atom. The van der Waals surface area contributed by atoms with E-state index in [1.807, 2.05) is 30.3 Å². The van der Waals surface area contributed by atoms with Gasteiger partial charge in [-0.05, 0) is 17.7 Å². The van der Waals surface area contributed by atoms with Crippen LogP contribution in [0.25, 0.3) is 0 Å². The third kappa shape index (κ3) is 4.34. The normalized spacial score (nSPS) is 9.86. The molecule has 0 radical (unpaired) electrons. The maximum Gasteiger partial charge on any atom is 0.407 e. The van der Waals surface area contributed by atoms with Crippen LogP contribution < -0.4 is 10.1 Å². The van der Waals surface area contributed by atoms with E-state index in [0.29, 0.717) is 11.3 Å². The second-order valence-electron chi connectivity index (χ2n) is 4.54. The fraction of sp³-hybridized carbons (Fsp3) is 0.176. The van der Waals surface area contributed by atoms with Gasteiger partial charge in [0.05, 0.1) is 19.2 Å². The van der Waals surface area contributed by atoms with E-state index in [4.69, 9.17) is 9.47 Å². The van der Waals surface area contributed by atoms with Crippen molar-refractivity contribution in [1.29, 1.82) is 0 Å². The Bertz CT molecular complexity index is 640. The van der Waals surface area contributed by atoms with Gasteiger partial charge < -0.3 is 14.8 Å². The molecule has 1 N–H and O–H groups in total. The molecule has 2 aromatic rings. The highest BCUT2D eigenvalue weighted by Gasteiger charge is 2.13. The molecule has 0 fully saturated rings. The van der Waals surface area contributed by atoms with Gasteiger partial charge >= 0.3 is 6.09 Å². The van der Waals surface area contributed by atoms with Crippen LogP contribution in [0.3, 0.4) is 0 Å². The molecule has 0 saturated carbocycles. The fourth-order valence-corrected chi connectivity index (χ4v) is 1.90. The molecule has 2 aromatic carbocycles. The summed E-state index contributed by atoms with van der Waals surface area (Å²) in [4.78, 5) is 23.6. The molecule has 0 unspecified atom stereocenters. The molecule has 0 atom stereocenters. The lowest BCUT2D eigenvalue weighted by atomic mass is 10.1. The molecule has 114 valence electrons. The highest BCUT2D eigenvalue weighted by Crippen LogP contribution is 2.17.